The summed E-state index contributed by atoms with van der Waals surface area (Å²) in [7, 11) is -3.56. The summed E-state index contributed by atoms with van der Waals surface area (Å²) in [5.74, 6) is -1.20. The molecule has 1 saturated heterocycles. The second-order valence-electron chi connectivity index (χ2n) is 5.26. The number of hydrogen-bond donors (Lipinski definition) is 2. The Morgan fingerprint density at radius 3 is 2.76 bits per heavy atom. The standard InChI is InChI=1S/C14H19NO5S/c1-10-6-11(14(16)17)8-12(7-10)15-21(18,19)9-13-4-2-3-5-20-13/h6-8,13,15H,2-5,9H2,1H3,(H,16,17)/t13-/m0/s1. The normalized spacial score (nSPS) is 19.2. The Morgan fingerprint density at radius 1 is 1.38 bits per heavy atom. The van der Waals surface area contributed by atoms with E-state index in [-0.39, 0.29) is 23.1 Å². The van der Waals surface area contributed by atoms with Crippen molar-refractivity contribution < 1.29 is 23.1 Å². The molecule has 21 heavy (non-hydrogen) atoms. The maximum atomic E-state index is 12.1. The predicted molar refractivity (Wildman–Crippen MR) is 79.1 cm³/mol. The van der Waals surface area contributed by atoms with Crippen molar-refractivity contribution in [1.29, 1.82) is 0 Å². The number of aryl methyl sites for hydroxylation is 1. The van der Waals surface area contributed by atoms with Crippen LogP contribution in [0.25, 0.3) is 0 Å². The Morgan fingerprint density at radius 2 is 2.14 bits per heavy atom. The van der Waals surface area contributed by atoms with Crippen molar-refractivity contribution in [2.45, 2.75) is 32.3 Å². The number of rotatable bonds is 5. The Kier molecular flexibility index (Phi) is 4.84. The van der Waals surface area contributed by atoms with Crippen LogP contribution in [0.4, 0.5) is 5.69 Å². The number of hydrogen-bond acceptors (Lipinski definition) is 4. The van der Waals surface area contributed by atoms with Gasteiger partial charge in [0.2, 0.25) is 10.0 Å². The van der Waals surface area contributed by atoms with Crippen LogP contribution >= 0.6 is 0 Å². The molecule has 6 nitrogen and oxygen atoms in total. The van der Waals surface area contributed by atoms with Gasteiger partial charge in [0, 0.05) is 12.3 Å². The molecule has 0 radical (unpaired) electrons. The van der Waals surface area contributed by atoms with E-state index in [1.54, 1.807) is 13.0 Å². The van der Waals surface area contributed by atoms with Crippen LogP contribution in [0.2, 0.25) is 0 Å². The number of ether oxygens (including phenoxy) is 1. The molecule has 0 bridgehead atoms. The first-order valence-electron chi connectivity index (χ1n) is 6.83. The summed E-state index contributed by atoms with van der Waals surface area (Å²) in [6, 6.07) is 4.41. The zero-order valence-corrected chi connectivity index (χ0v) is 12.6. The highest BCUT2D eigenvalue weighted by Gasteiger charge is 2.22. The highest BCUT2D eigenvalue weighted by atomic mass is 32.2. The van der Waals surface area contributed by atoms with Gasteiger partial charge in [0.15, 0.2) is 0 Å². The molecular weight excluding hydrogens is 294 g/mol. The van der Waals surface area contributed by atoms with E-state index in [1.165, 1.54) is 12.1 Å². The van der Waals surface area contributed by atoms with Crippen LogP contribution in [0.3, 0.4) is 0 Å². The highest BCUT2D eigenvalue weighted by Crippen LogP contribution is 2.19. The fraction of sp³-hybridized carbons (Fsp3) is 0.500. The van der Waals surface area contributed by atoms with Gasteiger partial charge in [0.1, 0.15) is 0 Å². The van der Waals surface area contributed by atoms with Gasteiger partial charge in [-0.2, -0.15) is 0 Å². The number of benzene rings is 1. The van der Waals surface area contributed by atoms with E-state index >= 15 is 0 Å². The monoisotopic (exact) mass is 313 g/mol. The third-order valence-corrected chi connectivity index (χ3v) is 4.63. The quantitative estimate of drug-likeness (QED) is 0.867. The Balaban J connectivity index is 2.10. The van der Waals surface area contributed by atoms with Gasteiger partial charge >= 0.3 is 5.97 Å². The van der Waals surface area contributed by atoms with E-state index in [2.05, 4.69) is 4.72 Å². The van der Waals surface area contributed by atoms with Gasteiger partial charge in [-0.15, -0.1) is 0 Å². The van der Waals surface area contributed by atoms with E-state index in [9.17, 15) is 13.2 Å². The number of nitrogens with one attached hydrogen (secondary N) is 1. The summed E-state index contributed by atoms with van der Waals surface area (Å²) >= 11 is 0. The third kappa shape index (κ3) is 4.71. The molecule has 2 N–H and O–H groups in total. The molecule has 7 heteroatoms. The molecule has 1 fully saturated rings. The lowest BCUT2D eigenvalue weighted by atomic mass is 10.1. The van der Waals surface area contributed by atoms with Gasteiger partial charge in [0.05, 0.1) is 17.4 Å². The van der Waals surface area contributed by atoms with Crippen molar-refractivity contribution >= 4 is 21.7 Å². The van der Waals surface area contributed by atoms with Crippen LogP contribution in [0.1, 0.15) is 35.2 Å². The van der Waals surface area contributed by atoms with Gasteiger partial charge in [-0.05, 0) is 49.9 Å². The molecule has 1 heterocycles. The maximum Gasteiger partial charge on any atom is 0.335 e. The van der Waals surface area contributed by atoms with Gasteiger partial charge in [-0.3, -0.25) is 4.72 Å². The summed E-state index contributed by atoms with van der Waals surface area (Å²) in [6.45, 7) is 2.31. The van der Waals surface area contributed by atoms with Crippen molar-refractivity contribution in [3.8, 4) is 0 Å². The van der Waals surface area contributed by atoms with Crippen LogP contribution in [0.15, 0.2) is 18.2 Å². The summed E-state index contributed by atoms with van der Waals surface area (Å²) in [5.41, 5.74) is 1.01. The lowest BCUT2D eigenvalue weighted by Crippen LogP contribution is -2.30. The molecule has 0 aromatic heterocycles. The van der Waals surface area contributed by atoms with Crippen molar-refractivity contribution in [2.24, 2.45) is 0 Å². The Labute approximate surface area is 124 Å². The highest BCUT2D eigenvalue weighted by molar-refractivity contribution is 7.92. The number of sulfonamides is 1. The zero-order chi connectivity index (χ0) is 15.5. The summed E-state index contributed by atoms with van der Waals surface area (Å²) in [5, 5.41) is 9.00. The average Bonchev–Trinajstić information content (AvgIpc) is 2.37. The van der Waals surface area contributed by atoms with E-state index in [4.69, 9.17) is 9.84 Å². The maximum absolute atomic E-state index is 12.1. The molecule has 116 valence electrons. The van der Waals surface area contributed by atoms with E-state index < -0.39 is 16.0 Å². The molecular formula is C14H19NO5S. The van der Waals surface area contributed by atoms with E-state index in [0.29, 0.717) is 12.2 Å². The molecule has 1 aliphatic rings. The first kappa shape index (κ1) is 15.8. The number of aromatic carboxylic acids is 1. The lowest BCUT2D eigenvalue weighted by Gasteiger charge is -2.22. The number of carbonyl (C=O) groups is 1. The molecule has 0 saturated carbocycles. The minimum atomic E-state index is -3.56. The second-order valence-corrected chi connectivity index (χ2v) is 7.03. The van der Waals surface area contributed by atoms with Crippen LogP contribution in [0, 0.1) is 6.92 Å². The molecule has 0 spiro atoms. The molecule has 0 aliphatic carbocycles. The van der Waals surface area contributed by atoms with Gasteiger partial charge in [-0.1, -0.05) is 0 Å². The molecule has 1 atom stereocenters. The first-order chi connectivity index (χ1) is 9.85. The number of carboxylic acid groups (broad SMARTS) is 1. The smallest absolute Gasteiger partial charge is 0.335 e. The number of carboxylic acids is 1. The third-order valence-electron chi connectivity index (χ3n) is 3.28. The Hall–Kier alpha value is -1.60. The summed E-state index contributed by atoms with van der Waals surface area (Å²) in [4.78, 5) is 11.0. The minimum absolute atomic E-state index is 0.0571. The lowest BCUT2D eigenvalue weighted by molar-refractivity contribution is 0.0306. The van der Waals surface area contributed by atoms with Crippen LogP contribution in [-0.2, 0) is 14.8 Å². The predicted octanol–water partition coefficient (Wildman–Crippen LogP) is 2.00. The van der Waals surface area contributed by atoms with Gasteiger partial charge in [0.25, 0.3) is 0 Å². The fourth-order valence-corrected chi connectivity index (χ4v) is 3.68. The molecule has 0 unspecified atom stereocenters. The second kappa shape index (κ2) is 6.44. The Bertz CT molecular complexity index is 620. The van der Waals surface area contributed by atoms with Crippen LogP contribution in [-0.4, -0.2) is 38.0 Å². The van der Waals surface area contributed by atoms with Crippen molar-refractivity contribution in [2.75, 3.05) is 17.1 Å². The average molecular weight is 313 g/mol. The van der Waals surface area contributed by atoms with Gasteiger partial charge in [-0.25, -0.2) is 13.2 Å². The van der Waals surface area contributed by atoms with Gasteiger partial charge < -0.3 is 9.84 Å². The summed E-state index contributed by atoms with van der Waals surface area (Å²) < 4.78 is 32.1. The van der Waals surface area contributed by atoms with Crippen molar-refractivity contribution in [3.05, 3.63) is 29.3 Å². The molecule has 1 aromatic rings. The largest absolute Gasteiger partial charge is 0.478 e. The first-order valence-corrected chi connectivity index (χ1v) is 8.48. The number of anilines is 1. The fourth-order valence-electron chi connectivity index (χ4n) is 2.37. The van der Waals surface area contributed by atoms with Crippen molar-refractivity contribution in [1.82, 2.24) is 0 Å². The summed E-state index contributed by atoms with van der Waals surface area (Å²) in [6.07, 6.45) is 2.37. The molecule has 0 amide bonds. The molecule has 1 aliphatic heterocycles. The minimum Gasteiger partial charge on any atom is -0.478 e. The zero-order valence-electron chi connectivity index (χ0n) is 11.8. The van der Waals surface area contributed by atoms with E-state index in [1.807, 2.05) is 0 Å². The van der Waals surface area contributed by atoms with Crippen LogP contribution < -0.4 is 4.72 Å². The molecule has 1 aromatic carbocycles. The topological polar surface area (TPSA) is 92.7 Å². The molecule has 2 rings (SSSR count). The van der Waals surface area contributed by atoms with Crippen LogP contribution in [0.5, 0.6) is 0 Å². The SMILES string of the molecule is Cc1cc(NS(=O)(=O)C[C@@H]2CCCCO2)cc(C(=O)O)c1. The van der Waals surface area contributed by atoms with E-state index in [0.717, 1.165) is 19.3 Å². The van der Waals surface area contributed by atoms with Crippen molar-refractivity contribution in [3.63, 3.8) is 0 Å².